The summed E-state index contributed by atoms with van der Waals surface area (Å²) in [5, 5.41) is 19.2. The standard InChI is InChI=1S/C50H88N2O/c1-3-5-7-9-11-13-15-17-41-19-27-45(28-20-41)49(47-31-23-43(39-51)24-32-47)35-37-53-38-36-50(48-33-25-44(40-52)26-34-48)46-29-21-42(22-30-46)18-16-14-12-10-8-6-4-2/h41-50H,3-38H2,1-2H3/t41-,42-,43-,44-,45-,46-,47-,48-,49?,50?. The summed E-state index contributed by atoms with van der Waals surface area (Å²) in [6.45, 7) is 6.52. The molecule has 0 saturated heterocycles. The van der Waals surface area contributed by atoms with E-state index in [1.54, 1.807) is 0 Å². The lowest BCUT2D eigenvalue weighted by molar-refractivity contribution is 0.0396. The minimum atomic E-state index is 0.302. The molecule has 4 saturated carbocycles. The minimum Gasteiger partial charge on any atom is -0.381 e. The van der Waals surface area contributed by atoms with Crippen LogP contribution in [0.5, 0.6) is 0 Å². The molecule has 2 atom stereocenters. The van der Waals surface area contributed by atoms with Crippen LogP contribution >= 0.6 is 0 Å². The monoisotopic (exact) mass is 733 g/mol. The lowest BCUT2D eigenvalue weighted by Gasteiger charge is -2.41. The highest BCUT2D eigenvalue weighted by Crippen LogP contribution is 2.46. The van der Waals surface area contributed by atoms with Crippen molar-refractivity contribution in [1.82, 2.24) is 0 Å². The van der Waals surface area contributed by atoms with Crippen LogP contribution in [0.15, 0.2) is 0 Å². The highest BCUT2D eigenvalue weighted by Gasteiger charge is 2.36. The molecule has 3 nitrogen and oxygen atoms in total. The van der Waals surface area contributed by atoms with Crippen molar-refractivity contribution in [3.63, 3.8) is 0 Å². The topological polar surface area (TPSA) is 56.8 Å². The Morgan fingerprint density at radius 2 is 0.717 bits per heavy atom. The third-order valence-corrected chi connectivity index (χ3v) is 15.7. The molecule has 0 radical (unpaired) electrons. The number of nitriles is 2. The highest BCUT2D eigenvalue weighted by molar-refractivity contribution is 4.92. The van der Waals surface area contributed by atoms with Gasteiger partial charge in [0.2, 0.25) is 0 Å². The number of ether oxygens (including phenoxy) is 1. The smallest absolute Gasteiger partial charge is 0.0655 e. The fourth-order valence-electron chi connectivity index (χ4n) is 12.2. The number of hydrogen-bond donors (Lipinski definition) is 0. The molecule has 3 heteroatoms. The van der Waals surface area contributed by atoms with Gasteiger partial charge >= 0.3 is 0 Å². The Morgan fingerprint density at radius 3 is 1.04 bits per heavy atom. The molecule has 0 N–H and O–H groups in total. The van der Waals surface area contributed by atoms with Gasteiger partial charge in [-0.25, -0.2) is 0 Å². The quantitative estimate of drug-likeness (QED) is 0.0832. The van der Waals surface area contributed by atoms with Gasteiger partial charge in [0.1, 0.15) is 0 Å². The van der Waals surface area contributed by atoms with E-state index in [0.29, 0.717) is 11.8 Å². The summed E-state index contributed by atoms with van der Waals surface area (Å²) in [6.07, 6.45) is 46.7. The van der Waals surface area contributed by atoms with Gasteiger partial charge < -0.3 is 4.74 Å². The molecule has 0 bridgehead atoms. The van der Waals surface area contributed by atoms with E-state index in [2.05, 4.69) is 26.0 Å². The first-order valence-electron chi connectivity index (χ1n) is 24.5. The van der Waals surface area contributed by atoms with Crippen LogP contribution in [0.3, 0.4) is 0 Å². The second-order valence-electron chi connectivity index (χ2n) is 19.4. The van der Waals surface area contributed by atoms with Crippen LogP contribution in [-0.2, 0) is 4.74 Å². The predicted molar refractivity (Wildman–Crippen MR) is 225 cm³/mol. The normalized spacial score (nSPS) is 30.6. The molecule has 2 unspecified atom stereocenters. The summed E-state index contributed by atoms with van der Waals surface area (Å²) >= 11 is 0. The summed E-state index contributed by atoms with van der Waals surface area (Å²) in [7, 11) is 0. The fraction of sp³-hybridized carbons (Fsp3) is 0.960. The maximum atomic E-state index is 9.60. The van der Waals surface area contributed by atoms with Crippen molar-refractivity contribution in [2.45, 2.75) is 232 Å². The van der Waals surface area contributed by atoms with Crippen LogP contribution in [0, 0.1) is 81.8 Å². The van der Waals surface area contributed by atoms with E-state index in [0.717, 1.165) is 86.2 Å². The summed E-state index contributed by atoms with van der Waals surface area (Å²) < 4.78 is 6.68. The van der Waals surface area contributed by atoms with Crippen molar-refractivity contribution in [1.29, 1.82) is 10.5 Å². The second kappa shape index (κ2) is 27.5. The summed E-state index contributed by atoms with van der Waals surface area (Å²) in [4.78, 5) is 0. The molecule has 4 fully saturated rings. The molecule has 0 heterocycles. The molecule has 0 aromatic carbocycles. The Hall–Kier alpha value is -1.06. The van der Waals surface area contributed by atoms with Crippen molar-refractivity contribution >= 4 is 0 Å². The van der Waals surface area contributed by atoms with Gasteiger partial charge in [-0.1, -0.05) is 142 Å². The molecule has 0 spiro atoms. The van der Waals surface area contributed by atoms with Crippen LogP contribution in [0.1, 0.15) is 232 Å². The largest absolute Gasteiger partial charge is 0.381 e. The number of unbranched alkanes of at least 4 members (excludes halogenated alkanes) is 12. The summed E-state index contributed by atoms with van der Waals surface area (Å²) in [5.41, 5.74) is 0. The SMILES string of the molecule is CCCCCCCCC[C@H]1CC[C@H](C(CCOCCC([C@H]2CC[C@H](C#N)CC2)[C@H]2CC[C@H](CCCCCCCCC)CC2)[C@H]2CC[C@H](C#N)CC2)CC1. The predicted octanol–water partition coefficient (Wildman–Crippen LogP) is 15.6. The third-order valence-electron chi connectivity index (χ3n) is 15.7. The molecular formula is C50H88N2O. The van der Waals surface area contributed by atoms with Gasteiger partial charge in [0, 0.05) is 25.0 Å². The van der Waals surface area contributed by atoms with E-state index in [1.165, 1.54) is 193 Å². The molecule has 0 aliphatic heterocycles. The lowest BCUT2D eigenvalue weighted by atomic mass is 9.65. The first-order valence-corrected chi connectivity index (χ1v) is 24.5. The first kappa shape index (κ1) is 44.7. The maximum Gasteiger partial charge on any atom is 0.0655 e. The molecule has 304 valence electrons. The Morgan fingerprint density at radius 1 is 0.415 bits per heavy atom. The van der Waals surface area contributed by atoms with E-state index in [4.69, 9.17) is 4.74 Å². The molecule has 53 heavy (non-hydrogen) atoms. The van der Waals surface area contributed by atoms with E-state index >= 15 is 0 Å². The molecule has 4 rings (SSSR count). The van der Waals surface area contributed by atoms with E-state index < -0.39 is 0 Å². The molecule has 4 aliphatic rings. The van der Waals surface area contributed by atoms with Gasteiger partial charge in [0.25, 0.3) is 0 Å². The van der Waals surface area contributed by atoms with Crippen molar-refractivity contribution in [2.75, 3.05) is 13.2 Å². The average Bonchev–Trinajstić information content (AvgIpc) is 3.21. The van der Waals surface area contributed by atoms with Gasteiger partial charge in [0.05, 0.1) is 12.1 Å². The molecule has 0 aromatic heterocycles. The zero-order chi connectivity index (χ0) is 37.4. The molecule has 0 aromatic rings. The van der Waals surface area contributed by atoms with Crippen LogP contribution < -0.4 is 0 Å². The van der Waals surface area contributed by atoms with E-state index in [1.807, 2.05) is 0 Å². The average molecular weight is 733 g/mol. The van der Waals surface area contributed by atoms with Crippen molar-refractivity contribution in [2.24, 2.45) is 59.2 Å². The van der Waals surface area contributed by atoms with Crippen LogP contribution in [-0.4, -0.2) is 13.2 Å². The summed E-state index contributed by atoms with van der Waals surface area (Å²) in [6, 6.07) is 5.20. The lowest BCUT2D eigenvalue weighted by Crippen LogP contribution is -2.32. The number of hydrogen-bond acceptors (Lipinski definition) is 3. The zero-order valence-corrected chi connectivity index (χ0v) is 35.5. The minimum absolute atomic E-state index is 0.302. The third kappa shape index (κ3) is 16.9. The van der Waals surface area contributed by atoms with Gasteiger partial charge in [-0.2, -0.15) is 10.5 Å². The maximum absolute atomic E-state index is 9.60. The van der Waals surface area contributed by atoms with Gasteiger partial charge in [-0.3, -0.25) is 0 Å². The number of rotatable bonds is 26. The van der Waals surface area contributed by atoms with Gasteiger partial charge in [-0.15, -0.1) is 0 Å². The summed E-state index contributed by atoms with van der Waals surface area (Å²) in [5.74, 6) is 7.55. The first-order chi connectivity index (χ1) is 26.1. The highest BCUT2D eigenvalue weighted by atomic mass is 16.5. The van der Waals surface area contributed by atoms with Crippen LogP contribution in [0.2, 0.25) is 0 Å². The second-order valence-corrected chi connectivity index (χ2v) is 19.4. The van der Waals surface area contributed by atoms with Gasteiger partial charge in [0.15, 0.2) is 0 Å². The Kier molecular flexibility index (Phi) is 23.2. The fourth-order valence-corrected chi connectivity index (χ4v) is 12.2. The molecule has 4 aliphatic carbocycles. The van der Waals surface area contributed by atoms with Gasteiger partial charge in [-0.05, 0) is 137 Å². The zero-order valence-electron chi connectivity index (χ0n) is 35.5. The molecule has 0 amide bonds. The van der Waals surface area contributed by atoms with Crippen LogP contribution in [0.4, 0.5) is 0 Å². The van der Waals surface area contributed by atoms with E-state index in [9.17, 15) is 10.5 Å². The van der Waals surface area contributed by atoms with Crippen LogP contribution in [0.25, 0.3) is 0 Å². The Bertz CT molecular complexity index is 886. The Balaban J connectivity index is 1.21. The van der Waals surface area contributed by atoms with Crippen molar-refractivity contribution in [3.8, 4) is 12.1 Å². The number of nitrogens with zero attached hydrogens (tertiary/aromatic N) is 2. The van der Waals surface area contributed by atoms with E-state index in [-0.39, 0.29) is 0 Å². The van der Waals surface area contributed by atoms with Crippen molar-refractivity contribution < 1.29 is 4.74 Å². The van der Waals surface area contributed by atoms with Crippen molar-refractivity contribution in [3.05, 3.63) is 0 Å². The molecular weight excluding hydrogens is 645 g/mol. The Labute approximate surface area is 330 Å².